The topological polar surface area (TPSA) is 169 Å². The van der Waals surface area contributed by atoms with Gasteiger partial charge in [0.15, 0.2) is 6.04 Å². The van der Waals surface area contributed by atoms with Crippen molar-refractivity contribution in [3.63, 3.8) is 0 Å². The molecule has 3 unspecified atom stereocenters. The molecule has 62 heavy (non-hydrogen) atoms. The van der Waals surface area contributed by atoms with Crippen LogP contribution in [-0.4, -0.2) is 64.9 Å². The molecule has 11 nitrogen and oxygen atoms in total. The molecular formula is C50H82NO10P. The maximum Gasteiger partial charge on any atom is 0.472 e. The normalized spacial score (nSPS) is 14.5. The number of amides is 1. The molecule has 0 aliphatic carbocycles. The number of ether oxygens (including phenoxy) is 1. The Morgan fingerprint density at radius 3 is 1.42 bits per heavy atom. The van der Waals surface area contributed by atoms with Crippen molar-refractivity contribution in [2.75, 3.05) is 19.8 Å². The van der Waals surface area contributed by atoms with Gasteiger partial charge >= 0.3 is 19.8 Å². The summed E-state index contributed by atoms with van der Waals surface area (Å²) in [7, 11) is -4.78. The SMILES string of the molecule is CC/C=C\C/C=C\C/C=C\C/C=C\C/C=C\C/C=C\CCCCC(=O)NC(COP(=O)(O)OCC(O)COC(=O)CCCCCCCCC/C=C\C/C=C\CCCCC)C(=O)O. The molecule has 3 atom stereocenters. The fourth-order valence-electron chi connectivity index (χ4n) is 5.76. The van der Waals surface area contributed by atoms with Gasteiger partial charge in [0.25, 0.3) is 0 Å². The summed E-state index contributed by atoms with van der Waals surface area (Å²) in [4.78, 5) is 46.0. The maximum absolute atomic E-state index is 12.3. The third-order valence-electron chi connectivity index (χ3n) is 9.36. The van der Waals surface area contributed by atoms with Crippen LogP contribution in [0.5, 0.6) is 0 Å². The predicted molar refractivity (Wildman–Crippen MR) is 254 cm³/mol. The van der Waals surface area contributed by atoms with Gasteiger partial charge in [0, 0.05) is 12.8 Å². The van der Waals surface area contributed by atoms with Crippen LogP contribution >= 0.6 is 7.82 Å². The van der Waals surface area contributed by atoms with Crippen LogP contribution in [0, 0.1) is 0 Å². The number of unbranched alkanes of at least 4 members (excludes halogenated alkanes) is 12. The highest BCUT2D eigenvalue weighted by molar-refractivity contribution is 7.47. The number of phosphoric ester groups is 1. The largest absolute Gasteiger partial charge is 0.480 e. The van der Waals surface area contributed by atoms with Crippen molar-refractivity contribution < 1.29 is 47.8 Å². The lowest BCUT2D eigenvalue weighted by Gasteiger charge is -2.18. The van der Waals surface area contributed by atoms with Gasteiger partial charge in [-0.1, -0.05) is 156 Å². The standard InChI is InChI=1S/C50H82NO10P/c1-3-5-7-9-11-13-15-17-19-21-22-23-24-26-27-29-31-33-35-37-39-41-48(53)51-47(50(55)56)45-61-62(57,58)60-44-46(52)43-59-49(54)42-40-38-36-34-32-30-28-25-20-18-16-14-12-10-8-6-4-2/h5,7,11-14,17-20,22-23,26-27,31,33,46-47,52H,3-4,6,8-10,15-16,21,24-25,28-30,32,34-45H2,1-2H3,(H,51,53)(H,55,56)(H,57,58)/b7-5-,13-11-,14-12-,19-17-,20-18-,23-22-,27-26-,33-31-. The van der Waals surface area contributed by atoms with E-state index in [4.69, 9.17) is 13.8 Å². The number of nitrogens with one attached hydrogen (secondary N) is 1. The Morgan fingerprint density at radius 2 is 0.935 bits per heavy atom. The van der Waals surface area contributed by atoms with Gasteiger partial charge in [-0.2, -0.15) is 0 Å². The van der Waals surface area contributed by atoms with E-state index in [0.717, 1.165) is 83.5 Å². The molecule has 0 spiro atoms. The number of aliphatic carboxylic acids is 1. The number of carbonyl (C=O) groups excluding carboxylic acids is 2. The average molecular weight is 888 g/mol. The van der Waals surface area contributed by atoms with E-state index in [1.54, 1.807) is 0 Å². The molecule has 4 N–H and O–H groups in total. The van der Waals surface area contributed by atoms with Crippen molar-refractivity contribution in [1.82, 2.24) is 5.32 Å². The fourth-order valence-corrected chi connectivity index (χ4v) is 6.53. The van der Waals surface area contributed by atoms with E-state index in [0.29, 0.717) is 12.8 Å². The van der Waals surface area contributed by atoms with Gasteiger partial charge in [-0.05, 0) is 96.3 Å². The molecule has 0 saturated carbocycles. The van der Waals surface area contributed by atoms with Crippen molar-refractivity contribution in [3.05, 3.63) is 97.2 Å². The molecule has 1 amide bonds. The zero-order chi connectivity index (χ0) is 45.6. The van der Waals surface area contributed by atoms with Gasteiger partial charge in [-0.25, -0.2) is 9.36 Å². The monoisotopic (exact) mass is 888 g/mol. The summed E-state index contributed by atoms with van der Waals surface area (Å²) >= 11 is 0. The number of esters is 1. The first kappa shape index (κ1) is 58.4. The number of carbonyl (C=O) groups is 3. The Balaban J connectivity index is 3.99. The molecule has 0 aliphatic heterocycles. The molecule has 12 heteroatoms. The number of aliphatic hydroxyl groups is 1. The third-order valence-corrected chi connectivity index (χ3v) is 10.3. The lowest BCUT2D eigenvalue weighted by Crippen LogP contribution is -2.43. The van der Waals surface area contributed by atoms with E-state index in [1.165, 1.54) is 44.9 Å². The molecule has 0 aliphatic rings. The maximum atomic E-state index is 12.3. The Morgan fingerprint density at radius 1 is 0.532 bits per heavy atom. The van der Waals surface area contributed by atoms with Crippen molar-refractivity contribution in [3.8, 4) is 0 Å². The Labute approximate surface area is 374 Å². The predicted octanol–water partition coefficient (Wildman–Crippen LogP) is 12.4. The number of hydrogen-bond donors (Lipinski definition) is 4. The summed E-state index contributed by atoms with van der Waals surface area (Å²) in [6.45, 7) is 2.41. The number of allylic oxidation sites excluding steroid dienone is 16. The molecule has 0 rings (SSSR count). The number of phosphoric acid groups is 1. The van der Waals surface area contributed by atoms with Crippen molar-refractivity contribution in [2.24, 2.45) is 0 Å². The molecule has 0 aromatic rings. The molecule has 0 fully saturated rings. The van der Waals surface area contributed by atoms with Gasteiger partial charge in [0.1, 0.15) is 12.7 Å². The summed E-state index contributed by atoms with van der Waals surface area (Å²) in [5.41, 5.74) is 0. The minimum absolute atomic E-state index is 0.0842. The van der Waals surface area contributed by atoms with Crippen LogP contribution in [0.2, 0.25) is 0 Å². The van der Waals surface area contributed by atoms with E-state index in [1.807, 2.05) is 6.08 Å². The zero-order valence-corrected chi connectivity index (χ0v) is 39.0. The fraction of sp³-hybridized carbons (Fsp3) is 0.620. The summed E-state index contributed by atoms with van der Waals surface area (Å²) in [6, 6.07) is -1.58. The Bertz CT molecular complexity index is 1410. The molecular weight excluding hydrogens is 806 g/mol. The van der Waals surface area contributed by atoms with Crippen LogP contribution in [0.3, 0.4) is 0 Å². The van der Waals surface area contributed by atoms with E-state index in [-0.39, 0.29) is 12.8 Å². The number of carboxylic acid groups (broad SMARTS) is 1. The van der Waals surface area contributed by atoms with Crippen LogP contribution in [0.4, 0.5) is 0 Å². The lowest BCUT2D eigenvalue weighted by atomic mass is 10.1. The second-order valence-electron chi connectivity index (χ2n) is 15.2. The van der Waals surface area contributed by atoms with Crippen LogP contribution in [0.15, 0.2) is 97.2 Å². The van der Waals surface area contributed by atoms with E-state index >= 15 is 0 Å². The molecule has 0 bridgehead atoms. The van der Waals surface area contributed by atoms with E-state index in [9.17, 15) is 34.1 Å². The minimum atomic E-state index is -4.78. The van der Waals surface area contributed by atoms with Crippen molar-refractivity contribution in [1.29, 1.82) is 0 Å². The first-order valence-electron chi connectivity index (χ1n) is 23.3. The number of rotatable bonds is 42. The molecule has 0 aromatic heterocycles. The highest BCUT2D eigenvalue weighted by atomic mass is 31.2. The van der Waals surface area contributed by atoms with E-state index < -0.39 is 57.6 Å². The van der Waals surface area contributed by atoms with Crippen LogP contribution in [0.25, 0.3) is 0 Å². The lowest BCUT2D eigenvalue weighted by molar-refractivity contribution is -0.147. The summed E-state index contributed by atoms with van der Waals surface area (Å²) in [6.07, 6.45) is 55.7. The first-order valence-corrected chi connectivity index (χ1v) is 24.8. The van der Waals surface area contributed by atoms with Crippen LogP contribution < -0.4 is 5.32 Å². The molecule has 352 valence electrons. The quantitative estimate of drug-likeness (QED) is 0.0200. The first-order chi connectivity index (χ1) is 30.1. The highest BCUT2D eigenvalue weighted by Crippen LogP contribution is 2.43. The zero-order valence-electron chi connectivity index (χ0n) is 38.1. The summed E-state index contributed by atoms with van der Waals surface area (Å²) < 4.78 is 26.9. The van der Waals surface area contributed by atoms with Gasteiger partial charge < -0.3 is 25.2 Å². The van der Waals surface area contributed by atoms with Gasteiger partial charge in [-0.3, -0.25) is 18.6 Å². The number of carboxylic acids is 1. The van der Waals surface area contributed by atoms with Crippen LogP contribution in [0.1, 0.15) is 168 Å². The third kappa shape index (κ3) is 43.1. The van der Waals surface area contributed by atoms with Crippen molar-refractivity contribution in [2.45, 2.75) is 180 Å². The molecule has 0 saturated heterocycles. The second kappa shape index (κ2) is 44.0. The number of aliphatic hydroxyl groups excluding tert-OH is 1. The summed E-state index contributed by atoms with van der Waals surface area (Å²) in [5, 5.41) is 21.8. The second-order valence-corrected chi connectivity index (χ2v) is 16.7. The highest BCUT2D eigenvalue weighted by Gasteiger charge is 2.28. The van der Waals surface area contributed by atoms with Gasteiger partial charge in [0.2, 0.25) is 5.91 Å². The van der Waals surface area contributed by atoms with Crippen molar-refractivity contribution >= 4 is 25.7 Å². The summed E-state index contributed by atoms with van der Waals surface area (Å²) in [5.74, 6) is -2.46. The molecule has 0 heterocycles. The van der Waals surface area contributed by atoms with Gasteiger partial charge in [0.05, 0.1) is 13.2 Å². The van der Waals surface area contributed by atoms with Crippen LogP contribution in [-0.2, 0) is 32.7 Å². The van der Waals surface area contributed by atoms with Gasteiger partial charge in [-0.15, -0.1) is 0 Å². The Kier molecular flexibility index (Phi) is 41.5. The smallest absolute Gasteiger partial charge is 0.472 e. The number of hydrogen-bond acceptors (Lipinski definition) is 8. The molecule has 0 aromatic carbocycles. The Hall–Kier alpha value is -3.60. The average Bonchev–Trinajstić information content (AvgIpc) is 3.25. The molecule has 0 radical (unpaired) electrons. The van der Waals surface area contributed by atoms with E-state index in [2.05, 4.69) is 110 Å². The minimum Gasteiger partial charge on any atom is -0.480 e.